The van der Waals surface area contributed by atoms with Crippen LogP contribution in [0.2, 0.25) is 5.02 Å². The lowest BCUT2D eigenvalue weighted by atomic mass is 10.1. The molecule has 2 heterocycles. The van der Waals surface area contributed by atoms with Gasteiger partial charge in [0.05, 0.1) is 5.57 Å². The first-order chi connectivity index (χ1) is 9.72. The highest BCUT2D eigenvalue weighted by Gasteiger charge is 2.21. The highest BCUT2D eigenvalue weighted by atomic mass is 35.5. The van der Waals surface area contributed by atoms with E-state index in [-0.39, 0.29) is 5.97 Å². The summed E-state index contributed by atoms with van der Waals surface area (Å²) in [7, 11) is 0. The van der Waals surface area contributed by atoms with Crippen LogP contribution in [0.1, 0.15) is 11.1 Å². The minimum absolute atomic E-state index is 0.362. The molecule has 1 aromatic heterocycles. The van der Waals surface area contributed by atoms with E-state index < -0.39 is 0 Å². The van der Waals surface area contributed by atoms with E-state index >= 15 is 0 Å². The van der Waals surface area contributed by atoms with Crippen molar-refractivity contribution in [1.82, 2.24) is 4.98 Å². The number of aromatic nitrogens is 1. The van der Waals surface area contributed by atoms with Gasteiger partial charge in [-0.15, -0.1) is 0 Å². The minimum atomic E-state index is -0.362. The molecule has 1 aromatic carbocycles. The lowest BCUT2D eigenvalue weighted by Crippen LogP contribution is -1.97. The molecule has 0 atom stereocenters. The fourth-order valence-corrected chi connectivity index (χ4v) is 2.01. The predicted molar refractivity (Wildman–Crippen MR) is 77.7 cm³/mol. The van der Waals surface area contributed by atoms with E-state index in [2.05, 4.69) is 4.98 Å². The lowest BCUT2D eigenvalue weighted by Gasteiger charge is -2.01. The molecule has 0 saturated carbocycles. The summed E-state index contributed by atoms with van der Waals surface area (Å²) in [5.41, 5.74) is 2.17. The smallest absolute Gasteiger partial charge is 0.343 e. The van der Waals surface area contributed by atoms with E-state index in [4.69, 9.17) is 16.3 Å². The number of carbonyl (C=O) groups is 1. The second kappa shape index (κ2) is 5.31. The Labute approximate surface area is 121 Å². The van der Waals surface area contributed by atoms with E-state index in [1.54, 1.807) is 36.7 Å². The van der Waals surface area contributed by atoms with Crippen LogP contribution in [0.4, 0.5) is 0 Å². The van der Waals surface area contributed by atoms with Crippen LogP contribution in [-0.2, 0) is 9.53 Å². The number of nitrogens with zero attached hydrogens (tertiary/aromatic N) is 1. The first-order valence-corrected chi connectivity index (χ1v) is 6.42. The lowest BCUT2D eigenvalue weighted by molar-refractivity contribution is -0.130. The molecule has 0 saturated heterocycles. The number of pyridine rings is 1. The van der Waals surface area contributed by atoms with Crippen LogP contribution in [-0.4, -0.2) is 11.0 Å². The minimum Gasteiger partial charge on any atom is -0.422 e. The quantitative estimate of drug-likeness (QED) is 0.623. The van der Waals surface area contributed by atoms with Crippen molar-refractivity contribution < 1.29 is 9.53 Å². The van der Waals surface area contributed by atoms with Gasteiger partial charge in [-0.1, -0.05) is 17.7 Å². The molecule has 0 radical (unpaired) electrons. The molecule has 0 aliphatic carbocycles. The maximum Gasteiger partial charge on any atom is 0.343 e. The third-order valence-electron chi connectivity index (χ3n) is 2.86. The number of benzene rings is 1. The molecule has 0 N–H and O–H groups in total. The van der Waals surface area contributed by atoms with Gasteiger partial charge in [0, 0.05) is 23.0 Å². The number of esters is 1. The zero-order valence-electron chi connectivity index (χ0n) is 10.4. The van der Waals surface area contributed by atoms with Gasteiger partial charge in [0.1, 0.15) is 5.76 Å². The molecule has 2 aromatic rings. The molecule has 0 fully saturated rings. The van der Waals surface area contributed by atoms with Gasteiger partial charge in [0.15, 0.2) is 0 Å². The Morgan fingerprint density at radius 2 is 1.95 bits per heavy atom. The molecule has 4 heteroatoms. The van der Waals surface area contributed by atoms with Crippen LogP contribution in [0, 0.1) is 0 Å². The summed E-state index contributed by atoms with van der Waals surface area (Å²) in [4.78, 5) is 15.8. The Hall–Kier alpha value is -2.39. The van der Waals surface area contributed by atoms with E-state index in [1.165, 1.54) is 0 Å². The second-order valence-corrected chi connectivity index (χ2v) is 4.73. The summed E-state index contributed by atoms with van der Waals surface area (Å²) in [6, 6.07) is 10.8. The van der Waals surface area contributed by atoms with Crippen LogP contribution in [0.25, 0.3) is 11.8 Å². The molecule has 3 rings (SSSR count). The first kappa shape index (κ1) is 12.6. The Morgan fingerprint density at radius 1 is 1.15 bits per heavy atom. The van der Waals surface area contributed by atoms with Crippen LogP contribution in [0.15, 0.2) is 60.4 Å². The number of hydrogen-bond donors (Lipinski definition) is 0. The standard InChI is InChI=1S/C16H10ClNO2/c17-14-5-3-12(4-6-14)15-9-13(16(19)20-15)8-11-2-1-7-18-10-11/h1-10H. The Bertz CT molecular complexity index is 703. The zero-order chi connectivity index (χ0) is 13.9. The molecule has 0 spiro atoms. The number of ether oxygens (including phenoxy) is 1. The summed E-state index contributed by atoms with van der Waals surface area (Å²) < 4.78 is 5.26. The van der Waals surface area contributed by atoms with Crippen LogP contribution >= 0.6 is 11.6 Å². The topological polar surface area (TPSA) is 39.2 Å². The summed E-state index contributed by atoms with van der Waals surface area (Å²) in [5, 5.41) is 0.643. The number of carbonyl (C=O) groups excluding carboxylic acids is 1. The largest absolute Gasteiger partial charge is 0.422 e. The number of rotatable bonds is 2. The van der Waals surface area contributed by atoms with Crippen LogP contribution in [0.5, 0.6) is 0 Å². The molecule has 98 valence electrons. The number of halogens is 1. The molecule has 20 heavy (non-hydrogen) atoms. The van der Waals surface area contributed by atoms with Crippen molar-refractivity contribution in [2.24, 2.45) is 0 Å². The van der Waals surface area contributed by atoms with Gasteiger partial charge in [-0.3, -0.25) is 4.98 Å². The van der Waals surface area contributed by atoms with Crippen LogP contribution < -0.4 is 0 Å². The molecule has 0 amide bonds. The molecule has 3 nitrogen and oxygen atoms in total. The Balaban J connectivity index is 1.93. The molecular formula is C16H10ClNO2. The van der Waals surface area contributed by atoms with Gasteiger partial charge >= 0.3 is 5.97 Å². The van der Waals surface area contributed by atoms with E-state index in [0.717, 1.165) is 11.1 Å². The van der Waals surface area contributed by atoms with Crippen molar-refractivity contribution in [3.05, 3.63) is 76.6 Å². The monoisotopic (exact) mass is 283 g/mol. The molecule has 0 bridgehead atoms. The third-order valence-corrected chi connectivity index (χ3v) is 3.11. The number of hydrogen-bond acceptors (Lipinski definition) is 3. The van der Waals surface area contributed by atoms with Crippen molar-refractivity contribution >= 4 is 29.4 Å². The van der Waals surface area contributed by atoms with Crippen LogP contribution in [0.3, 0.4) is 0 Å². The SMILES string of the molecule is O=C1OC(c2ccc(Cl)cc2)=CC1=Cc1cccnc1. The maximum absolute atomic E-state index is 11.8. The highest BCUT2D eigenvalue weighted by molar-refractivity contribution is 6.30. The Morgan fingerprint density at radius 3 is 2.65 bits per heavy atom. The molecule has 1 aliphatic rings. The normalized spacial score (nSPS) is 16.1. The summed E-state index contributed by atoms with van der Waals surface area (Å²) in [5.74, 6) is 0.167. The van der Waals surface area contributed by atoms with Crippen molar-refractivity contribution in [1.29, 1.82) is 0 Å². The van der Waals surface area contributed by atoms with Gasteiger partial charge in [-0.2, -0.15) is 0 Å². The summed E-state index contributed by atoms with van der Waals surface area (Å²) in [6.45, 7) is 0. The van der Waals surface area contributed by atoms with Gasteiger partial charge in [0.2, 0.25) is 0 Å². The highest BCUT2D eigenvalue weighted by Crippen LogP contribution is 2.27. The summed E-state index contributed by atoms with van der Waals surface area (Å²) in [6.07, 6.45) is 6.84. The maximum atomic E-state index is 11.8. The Kier molecular flexibility index (Phi) is 3.35. The average Bonchev–Trinajstić information content (AvgIpc) is 2.82. The van der Waals surface area contributed by atoms with Crippen molar-refractivity contribution in [2.45, 2.75) is 0 Å². The van der Waals surface area contributed by atoms with E-state index in [1.807, 2.05) is 24.3 Å². The molecule has 0 unspecified atom stereocenters. The van der Waals surface area contributed by atoms with Crippen molar-refractivity contribution in [3.63, 3.8) is 0 Å². The average molecular weight is 284 g/mol. The van der Waals surface area contributed by atoms with E-state index in [0.29, 0.717) is 16.4 Å². The molecule has 1 aliphatic heterocycles. The molecular weight excluding hydrogens is 274 g/mol. The zero-order valence-corrected chi connectivity index (χ0v) is 11.2. The fourth-order valence-electron chi connectivity index (χ4n) is 1.89. The van der Waals surface area contributed by atoms with Crippen molar-refractivity contribution in [3.8, 4) is 0 Å². The van der Waals surface area contributed by atoms with Gasteiger partial charge in [-0.05, 0) is 48.0 Å². The van der Waals surface area contributed by atoms with Crippen molar-refractivity contribution in [2.75, 3.05) is 0 Å². The second-order valence-electron chi connectivity index (χ2n) is 4.29. The third kappa shape index (κ3) is 2.63. The van der Waals surface area contributed by atoms with Gasteiger partial charge < -0.3 is 4.74 Å². The predicted octanol–water partition coefficient (Wildman–Crippen LogP) is 3.72. The fraction of sp³-hybridized carbons (Fsp3) is 0. The first-order valence-electron chi connectivity index (χ1n) is 6.04. The van der Waals surface area contributed by atoms with Gasteiger partial charge in [-0.25, -0.2) is 4.79 Å². The summed E-state index contributed by atoms with van der Waals surface area (Å²) >= 11 is 5.84. The van der Waals surface area contributed by atoms with Gasteiger partial charge in [0.25, 0.3) is 0 Å². The van der Waals surface area contributed by atoms with E-state index in [9.17, 15) is 4.79 Å². The number of cyclic esters (lactones) is 1.